The summed E-state index contributed by atoms with van der Waals surface area (Å²) in [6, 6.07) is 9.03. The van der Waals surface area contributed by atoms with Gasteiger partial charge in [0.15, 0.2) is 0 Å². The fraction of sp³-hybridized carbons (Fsp3) is 0.154. The van der Waals surface area contributed by atoms with Gasteiger partial charge in [-0.15, -0.1) is 11.3 Å². The molecule has 0 aliphatic carbocycles. The number of thiophene rings is 1. The molecule has 1 aromatic carbocycles. The molecule has 1 heterocycles. The lowest BCUT2D eigenvalue weighted by Crippen LogP contribution is -2.04. The zero-order valence-corrected chi connectivity index (χ0v) is 10.3. The van der Waals surface area contributed by atoms with Crippen LogP contribution in [0.3, 0.4) is 0 Å². The summed E-state index contributed by atoms with van der Waals surface area (Å²) in [6.07, 6.45) is -2.92. The summed E-state index contributed by atoms with van der Waals surface area (Å²) in [6.45, 7) is 1.94. The van der Waals surface area contributed by atoms with E-state index >= 15 is 0 Å². The molecule has 0 bridgehead atoms. The van der Waals surface area contributed by atoms with Crippen LogP contribution < -0.4 is 0 Å². The first-order chi connectivity index (χ1) is 8.47. The summed E-state index contributed by atoms with van der Waals surface area (Å²) in [4.78, 5) is 5.86. The molecule has 94 valence electrons. The Morgan fingerprint density at radius 1 is 1.11 bits per heavy atom. The van der Waals surface area contributed by atoms with Gasteiger partial charge in [0.05, 0.1) is 11.3 Å². The number of rotatable bonds is 2. The first kappa shape index (κ1) is 12.8. The normalized spacial score (nSPS) is 12.2. The maximum Gasteiger partial charge on any atom is 0.418 e. The Hall–Kier alpha value is -1.62. The molecule has 0 radical (unpaired) electrons. The molecule has 18 heavy (non-hydrogen) atoms. The average molecular weight is 269 g/mol. The summed E-state index contributed by atoms with van der Waals surface area (Å²) in [5.74, 6) is 0. The van der Waals surface area contributed by atoms with Crippen molar-refractivity contribution in [1.82, 2.24) is 0 Å². The van der Waals surface area contributed by atoms with Crippen molar-refractivity contribution >= 4 is 23.2 Å². The van der Waals surface area contributed by atoms with Gasteiger partial charge in [-0.3, -0.25) is 4.99 Å². The van der Waals surface area contributed by atoms with E-state index in [1.165, 1.54) is 29.7 Å². The number of hydrogen-bond donors (Lipinski definition) is 0. The monoisotopic (exact) mass is 269 g/mol. The molecule has 1 aromatic heterocycles. The van der Waals surface area contributed by atoms with Crippen molar-refractivity contribution in [3.8, 4) is 0 Å². The molecule has 0 unspecified atom stereocenters. The Morgan fingerprint density at radius 3 is 2.44 bits per heavy atom. The molecule has 0 fully saturated rings. The summed E-state index contributed by atoms with van der Waals surface area (Å²) < 4.78 is 38.1. The van der Waals surface area contributed by atoms with Crippen LogP contribution in [0.2, 0.25) is 0 Å². The lowest BCUT2D eigenvalue weighted by atomic mass is 10.2. The number of aliphatic imine (C=N–C) groups is 1. The lowest BCUT2D eigenvalue weighted by Gasteiger charge is -2.08. The summed E-state index contributed by atoms with van der Waals surface area (Å²) in [5.41, 5.74) is -0.773. The zero-order chi connectivity index (χ0) is 13.2. The molecular formula is C13H10F3NS. The topological polar surface area (TPSA) is 12.4 Å². The molecule has 1 nitrogen and oxygen atoms in total. The van der Waals surface area contributed by atoms with Crippen molar-refractivity contribution in [2.45, 2.75) is 13.1 Å². The molecule has 0 amide bonds. The van der Waals surface area contributed by atoms with E-state index in [-0.39, 0.29) is 5.69 Å². The highest BCUT2D eigenvalue weighted by molar-refractivity contribution is 7.13. The highest BCUT2D eigenvalue weighted by atomic mass is 32.1. The van der Waals surface area contributed by atoms with Crippen molar-refractivity contribution in [2.24, 2.45) is 4.99 Å². The number of para-hydroxylation sites is 1. The van der Waals surface area contributed by atoms with E-state index < -0.39 is 11.7 Å². The van der Waals surface area contributed by atoms with Crippen LogP contribution in [0, 0.1) is 6.92 Å². The third-order valence-corrected chi connectivity index (χ3v) is 3.24. The van der Waals surface area contributed by atoms with Crippen LogP contribution in [0.1, 0.15) is 15.3 Å². The molecule has 0 N–H and O–H groups in total. The zero-order valence-electron chi connectivity index (χ0n) is 9.53. The van der Waals surface area contributed by atoms with E-state index in [1.54, 1.807) is 6.07 Å². The molecule has 0 aliphatic heterocycles. The highest BCUT2D eigenvalue weighted by Gasteiger charge is 2.32. The lowest BCUT2D eigenvalue weighted by molar-refractivity contribution is -0.137. The second-order valence-corrected chi connectivity index (χ2v) is 5.04. The minimum absolute atomic E-state index is 0.0592. The van der Waals surface area contributed by atoms with Gasteiger partial charge in [-0.1, -0.05) is 12.1 Å². The van der Waals surface area contributed by atoms with Crippen molar-refractivity contribution in [3.05, 3.63) is 51.7 Å². The van der Waals surface area contributed by atoms with Gasteiger partial charge in [-0.2, -0.15) is 13.2 Å². The number of nitrogens with zero attached hydrogens (tertiary/aromatic N) is 1. The molecule has 0 atom stereocenters. The van der Waals surface area contributed by atoms with E-state index in [2.05, 4.69) is 4.99 Å². The van der Waals surface area contributed by atoms with Crippen LogP contribution in [0.25, 0.3) is 0 Å². The number of aryl methyl sites for hydroxylation is 1. The smallest absolute Gasteiger partial charge is 0.255 e. The van der Waals surface area contributed by atoms with E-state index in [0.29, 0.717) is 0 Å². The third kappa shape index (κ3) is 2.98. The Kier molecular flexibility index (Phi) is 3.52. The molecule has 0 aliphatic rings. The second kappa shape index (κ2) is 4.94. The fourth-order valence-corrected chi connectivity index (χ4v) is 2.23. The Balaban J connectivity index is 2.32. The predicted molar refractivity (Wildman–Crippen MR) is 67.8 cm³/mol. The number of alkyl halides is 3. The Labute approximate surface area is 107 Å². The summed E-state index contributed by atoms with van der Waals surface area (Å²) in [7, 11) is 0. The molecule has 5 heteroatoms. The summed E-state index contributed by atoms with van der Waals surface area (Å²) in [5, 5.41) is 0. The van der Waals surface area contributed by atoms with E-state index in [4.69, 9.17) is 0 Å². The molecule has 2 rings (SSSR count). The SMILES string of the molecule is Cc1ccc(C=Nc2ccccc2C(F)(F)F)s1. The van der Waals surface area contributed by atoms with Crippen LogP contribution in [0.15, 0.2) is 41.4 Å². The maximum absolute atomic E-state index is 12.7. The second-order valence-electron chi connectivity index (χ2n) is 3.72. The van der Waals surface area contributed by atoms with E-state index in [1.807, 2.05) is 19.1 Å². The van der Waals surface area contributed by atoms with Gasteiger partial charge in [0.1, 0.15) is 0 Å². The van der Waals surface area contributed by atoms with Gasteiger partial charge >= 0.3 is 6.18 Å². The average Bonchev–Trinajstić information content (AvgIpc) is 2.72. The maximum atomic E-state index is 12.7. The van der Waals surface area contributed by atoms with Crippen LogP contribution >= 0.6 is 11.3 Å². The molecule has 0 saturated carbocycles. The summed E-state index contributed by atoms with van der Waals surface area (Å²) >= 11 is 1.49. The van der Waals surface area contributed by atoms with Crippen molar-refractivity contribution < 1.29 is 13.2 Å². The van der Waals surface area contributed by atoms with Gasteiger partial charge < -0.3 is 0 Å². The minimum atomic E-state index is -4.38. The van der Waals surface area contributed by atoms with Gasteiger partial charge in [0, 0.05) is 16.0 Å². The van der Waals surface area contributed by atoms with Gasteiger partial charge in [-0.05, 0) is 31.2 Å². The largest absolute Gasteiger partial charge is 0.418 e. The third-order valence-electron chi connectivity index (χ3n) is 2.30. The van der Waals surface area contributed by atoms with Gasteiger partial charge in [0.2, 0.25) is 0 Å². The number of benzene rings is 1. The first-order valence-corrected chi connectivity index (χ1v) is 6.05. The highest BCUT2D eigenvalue weighted by Crippen LogP contribution is 2.35. The van der Waals surface area contributed by atoms with Crippen LogP contribution in [-0.2, 0) is 6.18 Å². The Morgan fingerprint density at radius 2 is 1.83 bits per heavy atom. The standard InChI is InChI=1S/C13H10F3NS/c1-9-6-7-10(18-9)8-17-12-5-3-2-4-11(12)13(14,15)16/h2-8H,1H3. The minimum Gasteiger partial charge on any atom is -0.255 e. The number of hydrogen-bond acceptors (Lipinski definition) is 2. The molecule has 0 saturated heterocycles. The Bertz CT molecular complexity index is 570. The molecule has 0 spiro atoms. The van der Waals surface area contributed by atoms with E-state index in [9.17, 15) is 13.2 Å². The first-order valence-electron chi connectivity index (χ1n) is 5.23. The van der Waals surface area contributed by atoms with Crippen molar-refractivity contribution in [2.75, 3.05) is 0 Å². The van der Waals surface area contributed by atoms with Gasteiger partial charge in [0.25, 0.3) is 0 Å². The molecular weight excluding hydrogens is 259 g/mol. The van der Waals surface area contributed by atoms with Crippen LogP contribution in [0.5, 0.6) is 0 Å². The van der Waals surface area contributed by atoms with E-state index in [0.717, 1.165) is 15.8 Å². The predicted octanol–water partition coefficient (Wildman–Crippen LogP) is 4.83. The quantitative estimate of drug-likeness (QED) is 0.693. The van der Waals surface area contributed by atoms with Crippen LogP contribution in [0.4, 0.5) is 18.9 Å². The van der Waals surface area contributed by atoms with Gasteiger partial charge in [-0.25, -0.2) is 0 Å². The van der Waals surface area contributed by atoms with Crippen molar-refractivity contribution in [1.29, 1.82) is 0 Å². The fourth-order valence-electron chi connectivity index (χ4n) is 1.48. The van der Waals surface area contributed by atoms with Crippen LogP contribution in [-0.4, -0.2) is 6.21 Å². The number of halogens is 3. The molecule has 2 aromatic rings. The van der Waals surface area contributed by atoms with Crippen molar-refractivity contribution in [3.63, 3.8) is 0 Å².